The second-order valence-corrected chi connectivity index (χ2v) is 5.19. The number of carbonyl (C=O) groups is 1. The largest absolute Gasteiger partial charge is 0.477 e. The Bertz CT molecular complexity index is 468. The van der Waals surface area contributed by atoms with Crippen molar-refractivity contribution in [3.63, 3.8) is 0 Å². The van der Waals surface area contributed by atoms with Gasteiger partial charge in [-0.1, -0.05) is 32.0 Å². The monoisotopic (exact) mass is 260 g/mol. The normalized spacial score (nSPS) is 19.8. The molecular weight excluding hydrogens is 240 g/mol. The first-order chi connectivity index (χ1) is 9.08. The predicted octanol–water partition coefficient (Wildman–Crippen LogP) is 2.26. The summed E-state index contributed by atoms with van der Waals surface area (Å²) in [7, 11) is 0. The minimum Gasteiger partial charge on any atom is -0.477 e. The number of hydrogen-bond acceptors (Lipinski definition) is 3. The lowest BCUT2D eigenvalue weighted by Crippen LogP contribution is -2.44. The maximum atomic E-state index is 12.2. The molecule has 1 aliphatic heterocycles. The fourth-order valence-electron chi connectivity index (χ4n) is 2.00. The summed E-state index contributed by atoms with van der Waals surface area (Å²) in [5.41, 5.74) is 0.653. The third-order valence-corrected chi connectivity index (χ3v) is 3.08. The van der Waals surface area contributed by atoms with Crippen LogP contribution in [-0.4, -0.2) is 30.5 Å². The van der Waals surface area contributed by atoms with Gasteiger partial charge in [0.05, 0.1) is 6.04 Å². The molecular formula is C15H20N2O2. The minimum absolute atomic E-state index is 0.0925. The summed E-state index contributed by atoms with van der Waals surface area (Å²) in [4.78, 5) is 16.6. The lowest BCUT2D eigenvalue weighted by atomic mass is 10.0. The van der Waals surface area contributed by atoms with Crippen LogP contribution in [0.4, 0.5) is 0 Å². The number of hydrogen-bond donors (Lipinski definition) is 1. The van der Waals surface area contributed by atoms with Crippen molar-refractivity contribution in [1.82, 2.24) is 5.32 Å². The maximum absolute atomic E-state index is 12.2. The summed E-state index contributed by atoms with van der Waals surface area (Å²) in [6.45, 7) is 6.69. The third kappa shape index (κ3) is 3.34. The van der Waals surface area contributed by atoms with Gasteiger partial charge in [0.1, 0.15) is 12.6 Å². The van der Waals surface area contributed by atoms with Gasteiger partial charge in [0.15, 0.2) is 0 Å². The Morgan fingerprint density at radius 1 is 1.37 bits per heavy atom. The number of ether oxygens (including phenoxy) is 1. The van der Waals surface area contributed by atoms with E-state index in [1.54, 1.807) is 12.1 Å². The van der Waals surface area contributed by atoms with Gasteiger partial charge < -0.3 is 10.1 Å². The Morgan fingerprint density at radius 2 is 2.05 bits per heavy atom. The van der Waals surface area contributed by atoms with Crippen molar-refractivity contribution < 1.29 is 9.53 Å². The molecule has 1 N–H and O–H groups in total. The molecule has 1 aromatic carbocycles. The van der Waals surface area contributed by atoms with Crippen LogP contribution in [0.25, 0.3) is 0 Å². The van der Waals surface area contributed by atoms with E-state index in [2.05, 4.69) is 10.3 Å². The Kier molecular flexibility index (Phi) is 4.20. The van der Waals surface area contributed by atoms with Crippen LogP contribution in [0, 0.1) is 5.92 Å². The third-order valence-electron chi connectivity index (χ3n) is 3.08. The molecule has 2 atom stereocenters. The van der Waals surface area contributed by atoms with Crippen LogP contribution in [0.15, 0.2) is 35.3 Å². The fourth-order valence-corrected chi connectivity index (χ4v) is 2.00. The van der Waals surface area contributed by atoms with Crippen LogP contribution in [-0.2, 0) is 4.74 Å². The van der Waals surface area contributed by atoms with Gasteiger partial charge >= 0.3 is 0 Å². The number of carbonyl (C=O) groups excluding carboxylic acids is 1. The van der Waals surface area contributed by atoms with Crippen LogP contribution in [0.1, 0.15) is 31.1 Å². The Hall–Kier alpha value is -1.84. The topological polar surface area (TPSA) is 50.7 Å². The van der Waals surface area contributed by atoms with E-state index in [-0.39, 0.29) is 23.9 Å². The lowest BCUT2D eigenvalue weighted by molar-refractivity contribution is 0.0934. The zero-order chi connectivity index (χ0) is 13.8. The lowest BCUT2D eigenvalue weighted by Gasteiger charge is -2.21. The standard InChI is InChI=1S/C15H20N2O2/c1-10(2)13(15-16-11(3)9-19-15)17-14(18)12-7-5-4-6-8-12/h4-8,10-11,13H,9H2,1-3H3,(H,17,18)/t11-,13?/m0/s1. The van der Waals surface area contributed by atoms with Gasteiger partial charge in [-0.3, -0.25) is 4.79 Å². The quantitative estimate of drug-likeness (QED) is 0.902. The van der Waals surface area contributed by atoms with Gasteiger partial charge in [-0.2, -0.15) is 0 Å². The van der Waals surface area contributed by atoms with Crippen molar-refractivity contribution in [1.29, 1.82) is 0 Å². The second kappa shape index (κ2) is 5.87. The molecule has 0 saturated carbocycles. The van der Waals surface area contributed by atoms with Gasteiger partial charge in [-0.25, -0.2) is 4.99 Å². The van der Waals surface area contributed by atoms with E-state index in [0.717, 1.165) is 0 Å². The Balaban J connectivity index is 2.10. The molecule has 4 heteroatoms. The zero-order valence-electron chi connectivity index (χ0n) is 11.6. The smallest absolute Gasteiger partial charge is 0.251 e. The fraction of sp³-hybridized carbons (Fsp3) is 0.467. The molecule has 1 aromatic rings. The average molecular weight is 260 g/mol. The van der Waals surface area contributed by atoms with Gasteiger partial charge in [-0.15, -0.1) is 0 Å². The minimum atomic E-state index is -0.169. The van der Waals surface area contributed by atoms with Crippen LogP contribution in [0.3, 0.4) is 0 Å². The SMILES string of the molecule is CC(C)C(NC(=O)c1ccccc1)C1=N[C@@H](C)CO1. The molecule has 0 bridgehead atoms. The average Bonchev–Trinajstić information content (AvgIpc) is 2.82. The van der Waals surface area contributed by atoms with E-state index >= 15 is 0 Å². The summed E-state index contributed by atoms with van der Waals surface area (Å²) in [6, 6.07) is 9.19. The van der Waals surface area contributed by atoms with Crippen molar-refractivity contribution >= 4 is 11.8 Å². The van der Waals surface area contributed by atoms with Crippen LogP contribution in [0.2, 0.25) is 0 Å². The summed E-state index contributed by atoms with van der Waals surface area (Å²) in [5, 5.41) is 3.00. The van der Waals surface area contributed by atoms with E-state index in [4.69, 9.17) is 4.74 Å². The number of benzene rings is 1. The highest BCUT2D eigenvalue weighted by Crippen LogP contribution is 2.13. The molecule has 1 amide bonds. The molecule has 2 rings (SSSR count). The molecule has 19 heavy (non-hydrogen) atoms. The molecule has 0 spiro atoms. The number of rotatable bonds is 4. The molecule has 1 unspecified atom stereocenters. The maximum Gasteiger partial charge on any atom is 0.251 e. The number of nitrogens with one attached hydrogen (secondary N) is 1. The van der Waals surface area contributed by atoms with E-state index in [1.165, 1.54) is 0 Å². The van der Waals surface area contributed by atoms with Gasteiger partial charge in [0, 0.05) is 5.56 Å². The first-order valence-corrected chi connectivity index (χ1v) is 6.64. The summed E-state index contributed by atoms with van der Waals surface area (Å²) < 4.78 is 5.56. The summed E-state index contributed by atoms with van der Waals surface area (Å²) >= 11 is 0. The van der Waals surface area contributed by atoms with Gasteiger partial charge in [-0.05, 0) is 25.0 Å². The molecule has 102 valence electrons. The first-order valence-electron chi connectivity index (χ1n) is 6.64. The van der Waals surface area contributed by atoms with Crippen LogP contribution >= 0.6 is 0 Å². The highest BCUT2D eigenvalue weighted by molar-refractivity contribution is 5.97. The summed E-state index contributed by atoms with van der Waals surface area (Å²) in [6.07, 6.45) is 0. The highest BCUT2D eigenvalue weighted by Gasteiger charge is 2.28. The molecule has 0 aromatic heterocycles. The number of aliphatic imine (C=N–C) groups is 1. The molecule has 4 nitrogen and oxygen atoms in total. The van der Waals surface area contributed by atoms with E-state index < -0.39 is 0 Å². The molecule has 1 aliphatic rings. The van der Waals surface area contributed by atoms with E-state index in [1.807, 2.05) is 39.0 Å². The zero-order valence-corrected chi connectivity index (χ0v) is 11.6. The van der Waals surface area contributed by atoms with Crippen LogP contribution in [0.5, 0.6) is 0 Å². The highest BCUT2D eigenvalue weighted by atomic mass is 16.5. The Labute approximate surface area is 113 Å². The van der Waals surface area contributed by atoms with Crippen LogP contribution < -0.4 is 5.32 Å². The van der Waals surface area contributed by atoms with Crippen molar-refractivity contribution in [3.8, 4) is 0 Å². The molecule has 0 radical (unpaired) electrons. The van der Waals surface area contributed by atoms with Gasteiger partial charge in [0.2, 0.25) is 5.90 Å². The molecule has 0 fully saturated rings. The van der Waals surface area contributed by atoms with Crippen molar-refractivity contribution in [2.45, 2.75) is 32.9 Å². The van der Waals surface area contributed by atoms with Crippen molar-refractivity contribution in [2.75, 3.05) is 6.61 Å². The number of nitrogens with zero attached hydrogens (tertiary/aromatic N) is 1. The molecule has 0 saturated heterocycles. The van der Waals surface area contributed by atoms with E-state index in [9.17, 15) is 4.79 Å². The number of amides is 1. The predicted molar refractivity (Wildman–Crippen MR) is 75.4 cm³/mol. The van der Waals surface area contributed by atoms with Gasteiger partial charge in [0.25, 0.3) is 5.91 Å². The van der Waals surface area contributed by atoms with E-state index in [0.29, 0.717) is 18.1 Å². The van der Waals surface area contributed by atoms with Crippen molar-refractivity contribution in [2.24, 2.45) is 10.9 Å². The van der Waals surface area contributed by atoms with Crippen molar-refractivity contribution in [3.05, 3.63) is 35.9 Å². The molecule has 0 aliphatic carbocycles. The first kappa shape index (κ1) is 13.6. The Morgan fingerprint density at radius 3 is 2.58 bits per heavy atom. The summed E-state index contributed by atoms with van der Waals surface area (Å²) in [5.74, 6) is 0.786. The molecule has 1 heterocycles. The second-order valence-electron chi connectivity index (χ2n) is 5.19.